The zero-order valence-corrected chi connectivity index (χ0v) is 16.3. The fourth-order valence-electron chi connectivity index (χ4n) is 1.11. The Labute approximate surface area is 144 Å². The Kier molecular flexibility index (Phi) is 22.1. The minimum absolute atomic E-state index is 0. The molecular weight excluding hydrogens is 309 g/mol. The number of allylic oxidation sites excluding steroid dienone is 2. The van der Waals surface area contributed by atoms with Gasteiger partial charge in [-0.3, -0.25) is 4.99 Å². The van der Waals surface area contributed by atoms with Crippen LogP contribution in [0.3, 0.4) is 0 Å². The summed E-state index contributed by atoms with van der Waals surface area (Å²) in [6.45, 7) is 14.7. The molecule has 1 heterocycles. The van der Waals surface area contributed by atoms with Gasteiger partial charge in [0.25, 0.3) is 0 Å². The summed E-state index contributed by atoms with van der Waals surface area (Å²) in [5.74, 6) is 0. The molecule has 0 atom stereocenters. The van der Waals surface area contributed by atoms with E-state index in [1.165, 1.54) is 0 Å². The van der Waals surface area contributed by atoms with Crippen LogP contribution < -0.4 is 0 Å². The molecule has 1 aromatic heterocycles. The molecule has 1 aromatic rings. The van der Waals surface area contributed by atoms with Crippen molar-refractivity contribution in [2.45, 2.75) is 48.5 Å². The number of pyridine rings is 1. The molecule has 0 spiro atoms. The first kappa shape index (κ1) is 23.7. The number of hydrogen-bond acceptors (Lipinski definition) is 2. The zero-order chi connectivity index (χ0) is 14.4. The van der Waals surface area contributed by atoms with Crippen molar-refractivity contribution in [1.29, 1.82) is 0 Å². The predicted octanol–water partition coefficient (Wildman–Crippen LogP) is 4.63. The molecule has 0 aliphatic heterocycles. The van der Waals surface area contributed by atoms with E-state index in [1.54, 1.807) is 0 Å². The van der Waals surface area contributed by atoms with Crippen molar-refractivity contribution in [3.05, 3.63) is 41.7 Å². The Balaban J connectivity index is -0.000000467. The number of aromatic nitrogens is 1. The van der Waals surface area contributed by atoms with Gasteiger partial charge in [0.15, 0.2) is 0 Å². The Morgan fingerprint density at radius 1 is 1.32 bits per heavy atom. The molecule has 2 nitrogen and oxygen atoms in total. The van der Waals surface area contributed by atoms with Crippen LogP contribution in [0.1, 0.15) is 52.8 Å². The second-order valence-corrected chi connectivity index (χ2v) is 2.97. The molecule has 19 heavy (non-hydrogen) atoms. The first-order valence-corrected chi connectivity index (χ1v) is 6.79. The van der Waals surface area contributed by atoms with Crippen LogP contribution in [-0.4, -0.2) is 17.2 Å². The summed E-state index contributed by atoms with van der Waals surface area (Å²) in [5.41, 5.74) is 2.85. The van der Waals surface area contributed by atoms with Gasteiger partial charge in [-0.25, -0.2) is 0 Å². The van der Waals surface area contributed by atoms with Crippen LogP contribution in [0, 0.1) is 13.0 Å². The van der Waals surface area contributed by atoms with E-state index in [9.17, 15) is 0 Å². The van der Waals surface area contributed by atoms with Crippen molar-refractivity contribution < 1.29 is 32.7 Å². The summed E-state index contributed by atoms with van der Waals surface area (Å²) >= 11 is 0. The standard InChI is InChI=1S/C12H15N2.2C2H6.Y/c1-4-6-11(13-5-2)12-8-7-10(3)9-14-12;2*1-2;/h4,6,8-9H,5H2,1-3H3;2*1-2H3;/q-1;;;/b6-4-,13-11?;;;. The van der Waals surface area contributed by atoms with Gasteiger partial charge in [0.1, 0.15) is 0 Å². The van der Waals surface area contributed by atoms with Gasteiger partial charge in [-0.2, -0.15) is 6.07 Å². The molecule has 1 rings (SSSR count). The Morgan fingerprint density at radius 3 is 2.26 bits per heavy atom. The van der Waals surface area contributed by atoms with Crippen molar-refractivity contribution in [1.82, 2.24) is 4.98 Å². The molecule has 0 fully saturated rings. The van der Waals surface area contributed by atoms with Gasteiger partial charge in [-0.15, -0.1) is 11.6 Å². The minimum Gasteiger partial charge on any atom is -0.381 e. The Morgan fingerprint density at radius 2 is 1.89 bits per heavy atom. The van der Waals surface area contributed by atoms with Crippen LogP contribution in [0.2, 0.25) is 0 Å². The van der Waals surface area contributed by atoms with E-state index in [-0.39, 0.29) is 32.7 Å². The smallest absolute Gasteiger partial charge is 0.0356 e. The van der Waals surface area contributed by atoms with E-state index in [4.69, 9.17) is 0 Å². The van der Waals surface area contributed by atoms with Gasteiger partial charge >= 0.3 is 0 Å². The second kappa shape index (κ2) is 17.7. The molecule has 0 saturated heterocycles. The summed E-state index contributed by atoms with van der Waals surface area (Å²) in [4.78, 5) is 8.66. The maximum Gasteiger partial charge on any atom is 0.0356 e. The van der Waals surface area contributed by atoms with Crippen molar-refractivity contribution in [3.8, 4) is 0 Å². The normalized spacial score (nSPS) is 9.74. The summed E-state index contributed by atoms with van der Waals surface area (Å²) in [6, 6.07) is 5.00. The van der Waals surface area contributed by atoms with Crippen LogP contribution in [0.4, 0.5) is 0 Å². The fraction of sp³-hybridized carbons (Fsp3) is 0.500. The van der Waals surface area contributed by atoms with E-state index < -0.39 is 0 Å². The van der Waals surface area contributed by atoms with Crippen molar-refractivity contribution in [2.75, 3.05) is 6.54 Å². The summed E-state index contributed by atoms with van der Waals surface area (Å²) < 4.78 is 0. The van der Waals surface area contributed by atoms with Crippen LogP contribution >= 0.6 is 0 Å². The second-order valence-electron chi connectivity index (χ2n) is 2.97. The number of aryl methyl sites for hydroxylation is 1. The number of nitrogens with zero attached hydrogens (tertiary/aromatic N) is 2. The molecule has 0 aliphatic carbocycles. The molecule has 0 aromatic carbocycles. The molecule has 0 amide bonds. The average molecular weight is 336 g/mol. The number of rotatable bonds is 3. The number of aliphatic imine (C=N–C) groups is 1. The molecule has 0 unspecified atom stereocenters. The molecule has 0 saturated carbocycles. The summed E-state index contributed by atoms with van der Waals surface area (Å²) in [6.07, 6.45) is 5.75. The van der Waals surface area contributed by atoms with Crippen LogP contribution in [-0.2, 0) is 32.7 Å². The van der Waals surface area contributed by atoms with E-state index in [1.807, 2.05) is 72.9 Å². The molecule has 1 radical (unpaired) electrons. The van der Waals surface area contributed by atoms with Crippen LogP contribution in [0.5, 0.6) is 0 Å². The van der Waals surface area contributed by atoms with Gasteiger partial charge in [0.2, 0.25) is 0 Å². The van der Waals surface area contributed by atoms with Gasteiger partial charge < -0.3 is 4.98 Å². The maximum atomic E-state index is 4.36. The summed E-state index contributed by atoms with van der Waals surface area (Å²) in [5, 5.41) is 0. The van der Waals surface area contributed by atoms with E-state index in [2.05, 4.69) is 16.0 Å². The number of hydrogen-bond donors (Lipinski definition) is 0. The van der Waals surface area contributed by atoms with Crippen LogP contribution in [0.15, 0.2) is 29.4 Å². The van der Waals surface area contributed by atoms with Gasteiger partial charge in [-0.05, 0) is 19.5 Å². The Hall–Kier alpha value is -0.336. The summed E-state index contributed by atoms with van der Waals surface area (Å²) in [7, 11) is 0. The van der Waals surface area contributed by atoms with Crippen molar-refractivity contribution in [3.63, 3.8) is 0 Å². The third-order valence-electron chi connectivity index (χ3n) is 1.75. The third-order valence-corrected chi connectivity index (χ3v) is 1.75. The van der Waals surface area contributed by atoms with Gasteiger partial charge in [-0.1, -0.05) is 53.0 Å². The largest absolute Gasteiger partial charge is 0.381 e. The molecule has 105 valence electrons. The van der Waals surface area contributed by atoms with Gasteiger partial charge in [0, 0.05) is 45.0 Å². The van der Waals surface area contributed by atoms with Crippen molar-refractivity contribution >= 4 is 5.71 Å². The monoisotopic (exact) mass is 336 g/mol. The zero-order valence-electron chi connectivity index (χ0n) is 13.5. The third kappa shape index (κ3) is 11.2. The molecule has 0 N–H and O–H groups in total. The van der Waals surface area contributed by atoms with Crippen LogP contribution in [0.25, 0.3) is 0 Å². The molecule has 0 aliphatic rings. The van der Waals surface area contributed by atoms with Crippen molar-refractivity contribution in [2.24, 2.45) is 4.99 Å². The topological polar surface area (TPSA) is 25.2 Å². The van der Waals surface area contributed by atoms with Gasteiger partial charge in [0.05, 0.1) is 0 Å². The first-order valence-electron chi connectivity index (χ1n) is 6.79. The average Bonchev–Trinajstić information content (AvgIpc) is 2.44. The maximum absolute atomic E-state index is 4.36. The van der Waals surface area contributed by atoms with E-state index in [0.29, 0.717) is 0 Å². The fourth-order valence-corrected chi connectivity index (χ4v) is 1.11. The molecule has 3 heteroatoms. The minimum atomic E-state index is 0. The van der Waals surface area contributed by atoms with E-state index >= 15 is 0 Å². The predicted molar refractivity (Wildman–Crippen MR) is 82.4 cm³/mol. The quantitative estimate of drug-likeness (QED) is 0.584. The first-order chi connectivity index (χ1) is 8.77. The Bertz CT molecular complexity index is 340. The SMILES string of the molecule is C/C=C\C(=NCC)c1c[c-]c(C)cn1.CC.CC.[Y]. The van der Waals surface area contributed by atoms with E-state index in [0.717, 1.165) is 23.5 Å². The molecule has 0 bridgehead atoms. The molecular formula is C16H27N2Y-.